The van der Waals surface area contributed by atoms with Gasteiger partial charge in [0.05, 0.1) is 6.10 Å². The molecule has 2 atom stereocenters. The second-order valence-corrected chi connectivity index (χ2v) is 5.14. The van der Waals surface area contributed by atoms with Crippen LogP contribution in [0.2, 0.25) is 0 Å². The Hall–Kier alpha value is -0.0800. The molecule has 0 aromatic rings. The summed E-state index contributed by atoms with van der Waals surface area (Å²) in [4.78, 5) is 0. The third-order valence-electron chi connectivity index (χ3n) is 4.02. The van der Waals surface area contributed by atoms with Crippen molar-refractivity contribution in [2.75, 3.05) is 13.2 Å². The maximum absolute atomic E-state index is 5.92. The van der Waals surface area contributed by atoms with Crippen molar-refractivity contribution in [3.05, 3.63) is 0 Å². The zero-order valence-electron chi connectivity index (χ0n) is 10.2. The van der Waals surface area contributed by atoms with Crippen LogP contribution in [0.25, 0.3) is 0 Å². The number of ether oxygens (including phenoxy) is 1. The number of rotatable bonds is 6. The zero-order chi connectivity index (χ0) is 10.7. The van der Waals surface area contributed by atoms with Gasteiger partial charge in [-0.15, -0.1) is 0 Å². The van der Waals surface area contributed by atoms with Crippen molar-refractivity contribution in [3.8, 4) is 0 Å². The van der Waals surface area contributed by atoms with Gasteiger partial charge < -0.3 is 10.1 Å². The highest BCUT2D eigenvalue weighted by Gasteiger charge is 2.34. The van der Waals surface area contributed by atoms with E-state index in [4.69, 9.17) is 4.74 Å². The minimum Gasteiger partial charge on any atom is -0.378 e. The molecule has 2 aliphatic rings. The largest absolute Gasteiger partial charge is 0.378 e. The van der Waals surface area contributed by atoms with Crippen molar-refractivity contribution in [2.24, 2.45) is 11.8 Å². The van der Waals surface area contributed by atoms with Crippen LogP contribution >= 0.6 is 0 Å². The Morgan fingerprint density at radius 1 is 1.20 bits per heavy atom. The molecule has 1 aliphatic carbocycles. The normalized spacial score (nSPS) is 31.4. The van der Waals surface area contributed by atoms with Gasteiger partial charge in [0.2, 0.25) is 0 Å². The number of nitrogens with one attached hydrogen (secondary N) is 1. The summed E-state index contributed by atoms with van der Waals surface area (Å²) in [6.07, 6.45) is 7.11. The van der Waals surface area contributed by atoms with E-state index in [0.717, 1.165) is 24.5 Å². The van der Waals surface area contributed by atoms with Crippen molar-refractivity contribution in [1.29, 1.82) is 0 Å². The van der Waals surface area contributed by atoms with Gasteiger partial charge in [-0.3, -0.25) is 0 Å². The Morgan fingerprint density at radius 2 is 1.93 bits per heavy atom. The molecule has 0 radical (unpaired) electrons. The summed E-state index contributed by atoms with van der Waals surface area (Å²) in [6, 6.07) is 0.841. The van der Waals surface area contributed by atoms with E-state index in [9.17, 15) is 0 Å². The Morgan fingerprint density at radius 3 is 2.53 bits per heavy atom. The van der Waals surface area contributed by atoms with Crippen LogP contribution in [0.5, 0.6) is 0 Å². The first-order chi connectivity index (χ1) is 7.35. The minimum atomic E-state index is 0.534. The molecule has 88 valence electrons. The smallest absolute Gasteiger partial charge is 0.0644 e. The van der Waals surface area contributed by atoms with Crippen LogP contribution in [-0.2, 0) is 4.74 Å². The lowest BCUT2D eigenvalue weighted by Crippen LogP contribution is -2.34. The van der Waals surface area contributed by atoms with Crippen LogP contribution in [0.4, 0.5) is 0 Å². The van der Waals surface area contributed by atoms with Crippen molar-refractivity contribution in [2.45, 2.75) is 58.1 Å². The van der Waals surface area contributed by atoms with Crippen molar-refractivity contribution in [1.82, 2.24) is 5.32 Å². The van der Waals surface area contributed by atoms with Gasteiger partial charge in [-0.1, -0.05) is 26.7 Å². The van der Waals surface area contributed by atoms with Crippen LogP contribution in [0.15, 0.2) is 0 Å². The fraction of sp³-hybridized carbons (Fsp3) is 1.00. The Bertz CT molecular complexity index is 187. The molecular formula is C13H25NO. The van der Waals surface area contributed by atoms with Gasteiger partial charge in [0.15, 0.2) is 0 Å². The molecule has 1 N–H and O–H groups in total. The average Bonchev–Trinajstić information content (AvgIpc) is 2.98. The van der Waals surface area contributed by atoms with Gasteiger partial charge in [-0.05, 0) is 25.2 Å². The molecule has 2 rings (SSSR count). The van der Waals surface area contributed by atoms with Crippen molar-refractivity contribution in [3.63, 3.8) is 0 Å². The minimum absolute atomic E-state index is 0.534. The third kappa shape index (κ3) is 2.94. The Labute approximate surface area is 93.8 Å². The lowest BCUT2D eigenvalue weighted by atomic mass is 9.87. The maximum Gasteiger partial charge on any atom is 0.0644 e. The van der Waals surface area contributed by atoms with E-state index in [-0.39, 0.29) is 0 Å². The average molecular weight is 211 g/mol. The van der Waals surface area contributed by atoms with E-state index in [1.165, 1.54) is 38.6 Å². The first-order valence-corrected chi connectivity index (χ1v) is 6.70. The Balaban J connectivity index is 1.79. The van der Waals surface area contributed by atoms with Gasteiger partial charge >= 0.3 is 0 Å². The first-order valence-electron chi connectivity index (χ1n) is 6.70. The topological polar surface area (TPSA) is 21.3 Å². The molecule has 0 aromatic heterocycles. The van der Waals surface area contributed by atoms with Crippen LogP contribution < -0.4 is 5.32 Å². The van der Waals surface area contributed by atoms with E-state index in [1.807, 2.05) is 0 Å². The fourth-order valence-corrected chi connectivity index (χ4v) is 2.75. The standard InChI is InChI=1S/C13H25NO/c1-3-10(4-2)13-11(7-8-15-13)9-14-12-5-6-12/h10-14H,3-9H2,1-2H3. The molecule has 0 amide bonds. The van der Waals surface area contributed by atoms with E-state index >= 15 is 0 Å². The van der Waals surface area contributed by atoms with Crippen molar-refractivity contribution >= 4 is 0 Å². The van der Waals surface area contributed by atoms with E-state index in [0.29, 0.717) is 6.10 Å². The second kappa shape index (κ2) is 5.31. The molecule has 0 spiro atoms. The quantitative estimate of drug-likeness (QED) is 0.729. The molecule has 2 nitrogen and oxygen atoms in total. The molecule has 15 heavy (non-hydrogen) atoms. The molecule has 1 saturated carbocycles. The first kappa shape index (κ1) is 11.4. The summed E-state index contributed by atoms with van der Waals surface area (Å²) >= 11 is 0. The molecular weight excluding hydrogens is 186 g/mol. The van der Waals surface area contributed by atoms with Gasteiger partial charge in [-0.25, -0.2) is 0 Å². The monoisotopic (exact) mass is 211 g/mol. The highest BCUT2D eigenvalue weighted by Crippen LogP contribution is 2.31. The predicted octanol–water partition coefficient (Wildman–Crippen LogP) is 2.58. The van der Waals surface area contributed by atoms with Crippen LogP contribution in [0.3, 0.4) is 0 Å². The highest BCUT2D eigenvalue weighted by molar-refractivity contribution is 4.87. The summed E-state index contributed by atoms with van der Waals surface area (Å²) in [5.41, 5.74) is 0. The number of hydrogen-bond acceptors (Lipinski definition) is 2. The summed E-state index contributed by atoms with van der Waals surface area (Å²) in [6.45, 7) is 6.76. The van der Waals surface area contributed by atoms with Crippen LogP contribution in [-0.4, -0.2) is 25.3 Å². The number of hydrogen-bond donors (Lipinski definition) is 1. The molecule has 1 heterocycles. The van der Waals surface area contributed by atoms with Crippen LogP contribution in [0.1, 0.15) is 46.0 Å². The summed E-state index contributed by atoms with van der Waals surface area (Å²) < 4.78 is 5.92. The molecule has 2 fully saturated rings. The lowest BCUT2D eigenvalue weighted by molar-refractivity contribution is 0.0382. The second-order valence-electron chi connectivity index (χ2n) is 5.14. The van der Waals surface area contributed by atoms with Crippen LogP contribution in [0, 0.1) is 11.8 Å². The predicted molar refractivity (Wildman–Crippen MR) is 62.9 cm³/mol. The third-order valence-corrected chi connectivity index (χ3v) is 4.02. The molecule has 1 saturated heterocycles. The summed E-state index contributed by atoms with van der Waals surface area (Å²) in [5.74, 6) is 1.55. The van der Waals surface area contributed by atoms with Gasteiger partial charge in [0, 0.05) is 25.1 Å². The van der Waals surface area contributed by atoms with Gasteiger partial charge in [0.1, 0.15) is 0 Å². The fourth-order valence-electron chi connectivity index (χ4n) is 2.75. The van der Waals surface area contributed by atoms with E-state index < -0.39 is 0 Å². The molecule has 2 unspecified atom stereocenters. The van der Waals surface area contributed by atoms with E-state index in [2.05, 4.69) is 19.2 Å². The van der Waals surface area contributed by atoms with Gasteiger partial charge in [0.25, 0.3) is 0 Å². The molecule has 2 heteroatoms. The Kier molecular flexibility index (Phi) is 4.04. The van der Waals surface area contributed by atoms with Crippen molar-refractivity contribution < 1.29 is 4.74 Å². The van der Waals surface area contributed by atoms with E-state index in [1.54, 1.807) is 0 Å². The summed E-state index contributed by atoms with van der Waals surface area (Å²) in [5, 5.41) is 3.65. The maximum atomic E-state index is 5.92. The molecule has 0 aromatic carbocycles. The molecule has 1 aliphatic heterocycles. The zero-order valence-corrected chi connectivity index (χ0v) is 10.2. The summed E-state index contributed by atoms with van der Waals surface area (Å²) in [7, 11) is 0. The lowest BCUT2D eigenvalue weighted by Gasteiger charge is -2.26. The van der Waals surface area contributed by atoms with Gasteiger partial charge in [-0.2, -0.15) is 0 Å². The highest BCUT2D eigenvalue weighted by atomic mass is 16.5. The SMILES string of the molecule is CCC(CC)C1OCCC1CNC1CC1. The molecule has 0 bridgehead atoms.